The minimum atomic E-state index is -3.05. The highest BCUT2D eigenvalue weighted by Gasteiger charge is 2.49. The van der Waals surface area contributed by atoms with Crippen LogP contribution in [0.4, 0.5) is 14.5 Å². The number of carbonyl (C=O) groups excluding carboxylic acids is 1. The van der Waals surface area contributed by atoms with Gasteiger partial charge in [-0.1, -0.05) is 30.2 Å². The van der Waals surface area contributed by atoms with Crippen LogP contribution < -0.4 is 10.1 Å². The maximum atomic E-state index is 13.5. The number of ether oxygens (including phenoxy) is 1. The van der Waals surface area contributed by atoms with Gasteiger partial charge in [0.25, 0.3) is 17.5 Å². The maximum Gasteiger partial charge on any atom is 0.296 e. The van der Waals surface area contributed by atoms with E-state index < -0.39 is 17.9 Å². The number of halogens is 3. The van der Waals surface area contributed by atoms with Crippen molar-refractivity contribution in [2.24, 2.45) is 0 Å². The molecule has 0 aliphatic rings. The first-order valence-corrected chi connectivity index (χ1v) is 7.50. The molecule has 0 saturated carbocycles. The molecule has 0 bridgehead atoms. The van der Waals surface area contributed by atoms with Crippen molar-refractivity contribution in [1.82, 2.24) is 10.2 Å². The van der Waals surface area contributed by atoms with Gasteiger partial charge in [-0.15, -0.1) is 5.10 Å². The zero-order valence-corrected chi connectivity index (χ0v) is 13.0. The number of anilines is 1. The molecule has 5 nitrogen and oxygen atoms in total. The summed E-state index contributed by atoms with van der Waals surface area (Å²) in [6.45, 7) is 1.43. The highest BCUT2D eigenvalue weighted by Crippen LogP contribution is 2.32. The molecule has 0 spiro atoms. The average molecular weight is 348 g/mol. The van der Waals surface area contributed by atoms with Crippen LogP contribution in [0.25, 0.3) is 0 Å². The van der Waals surface area contributed by atoms with Gasteiger partial charge in [-0.3, -0.25) is 4.79 Å². The molecular formula is C13H12ClF2N3O2S. The van der Waals surface area contributed by atoms with Gasteiger partial charge in [0.1, 0.15) is 0 Å². The summed E-state index contributed by atoms with van der Waals surface area (Å²) in [6.07, 6.45) is -3.30. The van der Waals surface area contributed by atoms with Gasteiger partial charge in [-0.25, -0.2) is 8.78 Å². The van der Waals surface area contributed by atoms with Crippen molar-refractivity contribution in [1.29, 1.82) is 0 Å². The van der Waals surface area contributed by atoms with Crippen LogP contribution in [0.15, 0.2) is 30.3 Å². The molecule has 1 amide bonds. The van der Waals surface area contributed by atoms with Gasteiger partial charge < -0.3 is 10.1 Å². The van der Waals surface area contributed by atoms with Crippen molar-refractivity contribution < 1.29 is 18.3 Å². The number of para-hydroxylation sites is 1. The van der Waals surface area contributed by atoms with E-state index in [1.54, 1.807) is 30.3 Å². The summed E-state index contributed by atoms with van der Waals surface area (Å²) in [5.41, 5.74) is -1.97. The Labute approximate surface area is 134 Å². The van der Waals surface area contributed by atoms with Crippen LogP contribution in [-0.4, -0.2) is 28.1 Å². The molecule has 118 valence electrons. The third-order valence-corrected chi connectivity index (χ3v) is 3.84. The molecule has 0 radical (unpaired) electrons. The third kappa shape index (κ3) is 3.50. The van der Waals surface area contributed by atoms with E-state index in [2.05, 4.69) is 15.5 Å². The Morgan fingerprint density at radius 1 is 1.41 bits per heavy atom. The van der Waals surface area contributed by atoms with E-state index in [0.717, 1.165) is 11.3 Å². The first kappa shape index (κ1) is 16.6. The number of nitrogens with zero attached hydrogens (tertiary/aromatic N) is 2. The van der Waals surface area contributed by atoms with E-state index in [1.165, 1.54) is 6.92 Å². The van der Waals surface area contributed by atoms with E-state index in [1.807, 2.05) is 0 Å². The lowest BCUT2D eigenvalue weighted by atomic mass is 10.00. The highest BCUT2D eigenvalue weighted by molar-refractivity contribution is 7.17. The number of aromatic nitrogens is 2. The lowest BCUT2D eigenvalue weighted by Gasteiger charge is -2.29. The monoisotopic (exact) mass is 347 g/mol. The molecule has 1 aromatic carbocycles. The quantitative estimate of drug-likeness (QED) is 0.866. The molecule has 1 unspecified atom stereocenters. The Kier molecular flexibility index (Phi) is 5.25. The lowest BCUT2D eigenvalue weighted by Crippen LogP contribution is -2.53. The molecular weight excluding hydrogens is 336 g/mol. The normalized spacial score (nSPS) is 13.7. The number of benzene rings is 1. The van der Waals surface area contributed by atoms with Crippen molar-refractivity contribution in [2.45, 2.75) is 25.4 Å². The van der Waals surface area contributed by atoms with Gasteiger partial charge in [0.15, 0.2) is 0 Å². The van der Waals surface area contributed by atoms with E-state index in [4.69, 9.17) is 16.3 Å². The summed E-state index contributed by atoms with van der Waals surface area (Å²) >= 11 is 6.38. The first-order valence-electron chi connectivity index (χ1n) is 6.30. The van der Waals surface area contributed by atoms with Gasteiger partial charge in [0.2, 0.25) is 10.1 Å². The SMILES string of the molecule is CCC(Oc1nnc(Cl)s1)(C(=O)Nc1ccccc1)C(F)F. The molecule has 2 aromatic rings. The summed E-state index contributed by atoms with van der Waals surface area (Å²) in [5.74, 6) is -0.956. The van der Waals surface area contributed by atoms with E-state index >= 15 is 0 Å². The number of amides is 1. The van der Waals surface area contributed by atoms with Crippen LogP contribution in [0.3, 0.4) is 0 Å². The molecule has 0 aliphatic heterocycles. The lowest BCUT2D eigenvalue weighted by molar-refractivity contribution is -0.147. The fraction of sp³-hybridized carbons (Fsp3) is 0.308. The number of carbonyl (C=O) groups is 1. The van der Waals surface area contributed by atoms with Gasteiger partial charge in [0, 0.05) is 5.69 Å². The molecule has 9 heteroatoms. The second kappa shape index (κ2) is 6.97. The zero-order chi connectivity index (χ0) is 16.2. The zero-order valence-electron chi connectivity index (χ0n) is 11.4. The van der Waals surface area contributed by atoms with Crippen molar-refractivity contribution >= 4 is 34.5 Å². The molecule has 1 aromatic heterocycles. The topological polar surface area (TPSA) is 64.1 Å². The van der Waals surface area contributed by atoms with Crippen LogP contribution in [0, 0.1) is 0 Å². The predicted molar refractivity (Wildman–Crippen MR) is 79.6 cm³/mol. The highest BCUT2D eigenvalue weighted by atomic mass is 35.5. The largest absolute Gasteiger partial charge is 0.446 e. The molecule has 1 heterocycles. The standard InChI is InChI=1S/C13H12ClF2N3O2S/c1-2-13(9(15)16,21-12-19-18-11(14)22-12)10(20)17-8-6-4-3-5-7-8/h3-7,9H,2H2,1H3,(H,17,20). The van der Waals surface area contributed by atoms with Gasteiger partial charge in [0.05, 0.1) is 0 Å². The van der Waals surface area contributed by atoms with Gasteiger partial charge >= 0.3 is 0 Å². The first-order chi connectivity index (χ1) is 10.5. The second-order valence-corrected chi connectivity index (χ2v) is 5.81. The fourth-order valence-corrected chi connectivity index (χ4v) is 2.46. The number of nitrogens with one attached hydrogen (secondary N) is 1. The Bertz CT molecular complexity index is 641. The Hall–Kier alpha value is -1.80. The number of rotatable bonds is 6. The molecule has 1 N–H and O–H groups in total. The van der Waals surface area contributed by atoms with Crippen molar-refractivity contribution in [2.75, 3.05) is 5.32 Å². The van der Waals surface area contributed by atoms with Crippen LogP contribution in [0.1, 0.15) is 13.3 Å². The summed E-state index contributed by atoms with van der Waals surface area (Å²) in [6, 6.07) is 8.28. The van der Waals surface area contributed by atoms with E-state index in [-0.39, 0.29) is 16.1 Å². The molecule has 22 heavy (non-hydrogen) atoms. The summed E-state index contributed by atoms with van der Waals surface area (Å²) in [5, 5.41) is 9.23. The smallest absolute Gasteiger partial charge is 0.296 e. The second-order valence-electron chi connectivity index (χ2n) is 4.29. The Morgan fingerprint density at radius 2 is 2.09 bits per heavy atom. The Morgan fingerprint density at radius 3 is 2.59 bits per heavy atom. The number of hydrogen-bond acceptors (Lipinski definition) is 5. The predicted octanol–water partition coefficient (Wildman–Crippen LogP) is 3.62. The van der Waals surface area contributed by atoms with Crippen LogP contribution >= 0.6 is 22.9 Å². The maximum absolute atomic E-state index is 13.5. The van der Waals surface area contributed by atoms with Crippen LogP contribution in [-0.2, 0) is 4.79 Å². The summed E-state index contributed by atoms with van der Waals surface area (Å²) in [4.78, 5) is 12.3. The molecule has 0 saturated heterocycles. The van der Waals surface area contributed by atoms with Gasteiger partial charge in [-0.05, 0) is 41.5 Å². The Balaban J connectivity index is 2.26. The van der Waals surface area contributed by atoms with Gasteiger partial charge in [-0.2, -0.15) is 0 Å². The molecule has 0 fully saturated rings. The van der Waals surface area contributed by atoms with Crippen molar-refractivity contribution in [3.8, 4) is 5.19 Å². The summed E-state index contributed by atoms with van der Waals surface area (Å²) in [7, 11) is 0. The minimum absolute atomic E-state index is 0.0396. The van der Waals surface area contributed by atoms with Crippen molar-refractivity contribution in [3.05, 3.63) is 34.8 Å². The molecule has 2 rings (SSSR count). The summed E-state index contributed by atoms with van der Waals surface area (Å²) < 4.78 is 32.3. The van der Waals surface area contributed by atoms with Crippen LogP contribution in [0.2, 0.25) is 4.47 Å². The van der Waals surface area contributed by atoms with E-state index in [0.29, 0.717) is 5.69 Å². The molecule has 0 aliphatic carbocycles. The van der Waals surface area contributed by atoms with Crippen molar-refractivity contribution in [3.63, 3.8) is 0 Å². The minimum Gasteiger partial charge on any atom is -0.446 e. The number of hydrogen-bond donors (Lipinski definition) is 1. The third-order valence-electron chi connectivity index (χ3n) is 2.94. The van der Waals surface area contributed by atoms with Crippen LogP contribution in [0.5, 0.6) is 5.19 Å². The molecule has 1 atom stereocenters. The van der Waals surface area contributed by atoms with E-state index in [9.17, 15) is 13.6 Å². The average Bonchev–Trinajstić information content (AvgIpc) is 2.90. The fourth-order valence-electron chi connectivity index (χ4n) is 1.73. The number of alkyl halides is 2.